The maximum absolute atomic E-state index is 9.52. The second kappa shape index (κ2) is 8.11. The van der Waals surface area contributed by atoms with Crippen LogP contribution in [0.5, 0.6) is 0 Å². The lowest BCUT2D eigenvalue weighted by atomic mass is 10.1. The van der Waals surface area contributed by atoms with Crippen LogP contribution in [0.3, 0.4) is 0 Å². The normalized spacial score (nSPS) is 20.2. The average molecular weight is 300 g/mol. The van der Waals surface area contributed by atoms with E-state index in [1.807, 2.05) is 6.07 Å². The summed E-state index contributed by atoms with van der Waals surface area (Å²) in [5.74, 6) is 0. The zero-order valence-corrected chi connectivity index (χ0v) is 11.8. The summed E-state index contributed by atoms with van der Waals surface area (Å²) in [6.07, 6.45) is 3.62. The third-order valence-electron chi connectivity index (χ3n) is 2.68. The van der Waals surface area contributed by atoms with E-state index in [0.29, 0.717) is 5.15 Å². The minimum atomic E-state index is -0.168. The van der Waals surface area contributed by atoms with Crippen LogP contribution in [-0.4, -0.2) is 34.2 Å². The van der Waals surface area contributed by atoms with E-state index in [0.717, 1.165) is 38.0 Å². The van der Waals surface area contributed by atoms with Gasteiger partial charge in [0.1, 0.15) is 5.15 Å². The van der Waals surface area contributed by atoms with E-state index in [9.17, 15) is 5.11 Å². The first-order valence-electron chi connectivity index (χ1n) is 5.25. The Bertz CT molecular complexity index is 321. The van der Waals surface area contributed by atoms with Gasteiger partial charge < -0.3 is 5.11 Å². The molecule has 1 unspecified atom stereocenters. The molecule has 0 saturated carbocycles. The van der Waals surface area contributed by atoms with Crippen molar-refractivity contribution in [2.24, 2.45) is 0 Å². The molecule has 6 heteroatoms. The van der Waals surface area contributed by atoms with Gasteiger partial charge in [0.25, 0.3) is 0 Å². The predicted octanol–water partition coefficient (Wildman–Crippen LogP) is 2.54. The molecule has 1 aliphatic rings. The maximum Gasteiger partial charge on any atom is 0.129 e. The molecule has 17 heavy (non-hydrogen) atoms. The summed E-state index contributed by atoms with van der Waals surface area (Å²) in [6, 6.07) is 3.79. The zero-order valence-electron chi connectivity index (χ0n) is 9.38. The molecule has 1 fully saturated rings. The van der Waals surface area contributed by atoms with Crippen molar-refractivity contribution in [3.05, 3.63) is 29.0 Å². The summed E-state index contributed by atoms with van der Waals surface area (Å²) in [4.78, 5) is 6.29. The lowest BCUT2D eigenvalue weighted by molar-refractivity contribution is 0.0668. The standard InChI is InChI=1S/C11H15ClN2O.2ClH/c12-11-4-3-9(6-13-11)7-14-5-1-2-10(15)8-14;;/h3-4,6,10,15H,1-2,5,7-8H2;2*1H. The molecule has 1 atom stereocenters. The Labute approximate surface area is 119 Å². The van der Waals surface area contributed by atoms with Gasteiger partial charge in [-0.15, -0.1) is 24.8 Å². The number of likely N-dealkylation sites (tertiary alicyclic amines) is 1. The molecule has 98 valence electrons. The van der Waals surface area contributed by atoms with Crippen LogP contribution >= 0.6 is 36.4 Å². The molecule has 1 aromatic rings. The van der Waals surface area contributed by atoms with Crippen molar-refractivity contribution in [2.45, 2.75) is 25.5 Å². The Balaban J connectivity index is 0.00000128. The van der Waals surface area contributed by atoms with Crippen LogP contribution in [0, 0.1) is 0 Å². The number of aliphatic hydroxyl groups is 1. The van der Waals surface area contributed by atoms with Crippen molar-refractivity contribution < 1.29 is 5.11 Å². The first-order chi connectivity index (χ1) is 7.24. The van der Waals surface area contributed by atoms with E-state index >= 15 is 0 Å². The van der Waals surface area contributed by atoms with Gasteiger partial charge in [-0.2, -0.15) is 0 Å². The Kier molecular flexibility index (Phi) is 8.09. The van der Waals surface area contributed by atoms with Crippen molar-refractivity contribution in [1.82, 2.24) is 9.88 Å². The van der Waals surface area contributed by atoms with E-state index in [4.69, 9.17) is 11.6 Å². The molecule has 1 saturated heterocycles. The van der Waals surface area contributed by atoms with Gasteiger partial charge in [0.05, 0.1) is 6.10 Å². The topological polar surface area (TPSA) is 36.4 Å². The molecule has 0 amide bonds. The highest BCUT2D eigenvalue weighted by molar-refractivity contribution is 6.29. The number of hydrogen-bond acceptors (Lipinski definition) is 3. The molecule has 2 rings (SSSR count). The van der Waals surface area contributed by atoms with Crippen molar-refractivity contribution in [3.8, 4) is 0 Å². The molecular weight excluding hydrogens is 282 g/mol. The molecule has 0 spiro atoms. The molecule has 2 heterocycles. The second-order valence-electron chi connectivity index (χ2n) is 4.02. The number of piperidine rings is 1. The Morgan fingerprint density at radius 2 is 2.18 bits per heavy atom. The molecular formula is C11H17Cl3N2O. The van der Waals surface area contributed by atoms with Crippen LogP contribution in [0.1, 0.15) is 18.4 Å². The van der Waals surface area contributed by atoms with Crippen molar-refractivity contribution >= 4 is 36.4 Å². The third-order valence-corrected chi connectivity index (χ3v) is 2.90. The molecule has 0 aromatic carbocycles. The lowest BCUT2D eigenvalue weighted by Crippen LogP contribution is -2.37. The maximum atomic E-state index is 9.52. The van der Waals surface area contributed by atoms with Gasteiger partial charge >= 0.3 is 0 Å². The molecule has 3 nitrogen and oxygen atoms in total. The molecule has 1 aromatic heterocycles. The predicted molar refractivity (Wildman–Crippen MR) is 74.3 cm³/mol. The van der Waals surface area contributed by atoms with Gasteiger partial charge in [0.2, 0.25) is 0 Å². The van der Waals surface area contributed by atoms with E-state index in [1.165, 1.54) is 0 Å². The number of β-amino-alcohol motifs (C(OH)–C–C–N with tert-alkyl or cyclic N) is 1. The fraction of sp³-hybridized carbons (Fsp3) is 0.545. The van der Waals surface area contributed by atoms with Crippen LogP contribution in [-0.2, 0) is 6.54 Å². The molecule has 0 bridgehead atoms. The number of aliphatic hydroxyl groups excluding tert-OH is 1. The summed E-state index contributed by atoms with van der Waals surface area (Å²) in [5, 5.41) is 10.0. The van der Waals surface area contributed by atoms with Crippen molar-refractivity contribution in [1.29, 1.82) is 0 Å². The molecule has 1 N–H and O–H groups in total. The first kappa shape index (κ1) is 16.9. The van der Waals surface area contributed by atoms with Gasteiger partial charge in [0, 0.05) is 19.3 Å². The Hall–Kier alpha value is -0.0600. The van der Waals surface area contributed by atoms with Crippen LogP contribution in [0.15, 0.2) is 18.3 Å². The fourth-order valence-electron chi connectivity index (χ4n) is 1.93. The van der Waals surface area contributed by atoms with Crippen molar-refractivity contribution in [2.75, 3.05) is 13.1 Å². The number of halogens is 3. The average Bonchev–Trinajstić information content (AvgIpc) is 2.22. The monoisotopic (exact) mass is 298 g/mol. The minimum absolute atomic E-state index is 0. The van der Waals surface area contributed by atoms with Crippen LogP contribution < -0.4 is 0 Å². The number of nitrogens with zero attached hydrogens (tertiary/aromatic N) is 2. The highest BCUT2D eigenvalue weighted by atomic mass is 35.5. The fourth-order valence-corrected chi connectivity index (χ4v) is 2.04. The summed E-state index contributed by atoms with van der Waals surface area (Å²) >= 11 is 5.71. The highest BCUT2D eigenvalue weighted by Crippen LogP contribution is 2.14. The second-order valence-corrected chi connectivity index (χ2v) is 4.41. The number of aromatic nitrogens is 1. The summed E-state index contributed by atoms with van der Waals surface area (Å²) in [7, 11) is 0. The summed E-state index contributed by atoms with van der Waals surface area (Å²) < 4.78 is 0. The van der Waals surface area contributed by atoms with Crippen molar-refractivity contribution in [3.63, 3.8) is 0 Å². The summed E-state index contributed by atoms with van der Waals surface area (Å²) in [6.45, 7) is 2.67. The highest BCUT2D eigenvalue weighted by Gasteiger charge is 2.17. The first-order valence-corrected chi connectivity index (χ1v) is 5.63. The van der Waals surface area contributed by atoms with E-state index in [1.54, 1.807) is 12.3 Å². The quantitative estimate of drug-likeness (QED) is 0.853. The van der Waals surface area contributed by atoms with E-state index in [2.05, 4.69) is 9.88 Å². The van der Waals surface area contributed by atoms with Crippen LogP contribution in [0.25, 0.3) is 0 Å². The SMILES string of the molecule is Cl.Cl.OC1CCCN(Cc2ccc(Cl)nc2)C1. The number of rotatable bonds is 2. The van der Waals surface area contributed by atoms with Gasteiger partial charge in [-0.1, -0.05) is 17.7 Å². The molecule has 0 aliphatic carbocycles. The smallest absolute Gasteiger partial charge is 0.129 e. The van der Waals surface area contributed by atoms with Gasteiger partial charge in [0.15, 0.2) is 0 Å². The van der Waals surface area contributed by atoms with Crippen LogP contribution in [0.2, 0.25) is 5.15 Å². The third kappa shape index (κ3) is 5.40. The Morgan fingerprint density at radius 1 is 1.41 bits per heavy atom. The zero-order chi connectivity index (χ0) is 10.7. The van der Waals surface area contributed by atoms with Gasteiger partial charge in [-0.3, -0.25) is 4.90 Å². The van der Waals surface area contributed by atoms with E-state index in [-0.39, 0.29) is 30.9 Å². The minimum Gasteiger partial charge on any atom is -0.392 e. The van der Waals surface area contributed by atoms with Crippen LogP contribution in [0.4, 0.5) is 0 Å². The summed E-state index contributed by atoms with van der Waals surface area (Å²) in [5.41, 5.74) is 1.15. The lowest BCUT2D eigenvalue weighted by Gasteiger charge is -2.29. The van der Waals surface area contributed by atoms with Gasteiger partial charge in [-0.25, -0.2) is 4.98 Å². The van der Waals surface area contributed by atoms with E-state index < -0.39 is 0 Å². The van der Waals surface area contributed by atoms with Gasteiger partial charge in [-0.05, 0) is 31.0 Å². The molecule has 0 radical (unpaired) electrons. The Morgan fingerprint density at radius 3 is 2.76 bits per heavy atom. The molecule has 1 aliphatic heterocycles. The largest absolute Gasteiger partial charge is 0.392 e. The number of hydrogen-bond donors (Lipinski definition) is 1. The number of pyridine rings is 1.